The first-order valence-electron chi connectivity index (χ1n) is 12.4. The number of ketones is 1. The number of hydrogen-bond donors (Lipinski definition) is 1. The van der Waals surface area contributed by atoms with Crippen molar-refractivity contribution in [2.75, 3.05) is 0 Å². The summed E-state index contributed by atoms with van der Waals surface area (Å²) in [6.45, 7) is 2.68. The summed E-state index contributed by atoms with van der Waals surface area (Å²) >= 11 is 0. The van der Waals surface area contributed by atoms with Gasteiger partial charge >= 0.3 is 0 Å². The summed E-state index contributed by atoms with van der Waals surface area (Å²) in [4.78, 5) is 19.2. The van der Waals surface area contributed by atoms with Crippen molar-refractivity contribution in [1.29, 1.82) is 0 Å². The van der Waals surface area contributed by atoms with E-state index in [0.717, 1.165) is 48.5 Å². The number of carbonyl (C=O) groups is 1. The standard InChI is InChI=1S/C25H34N4O2/c1-25-11-10-18-17-7-5-16(30)13-15(17)4-6-19(18)20(25)8-9-21(25)23(31)14-29-27-22-3-2-12-26-24(22)28-29/h2-3,12,15-21,30H,4-11,13-14H2,1H3. The van der Waals surface area contributed by atoms with Crippen LogP contribution in [-0.2, 0) is 11.3 Å². The molecule has 0 radical (unpaired) electrons. The molecule has 0 spiro atoms. The number of carbonyl (C=O) groups excluding carboxylic acids is 1. The summed E-state index contributed by atoms with van der Waals surface area (Å²) < 4.78 is 0. The van der Waals surface area contributed by atoms with Gasteiger partial charge < -0.3 is 5.11 Å². The molecular weight excluding hydrogens is 388 g/mol. The number of Topliss-reactive ketones (excluding diaryl/α,β-unsaturated/α-hetero) is 1. The smallest absolute Gasteiger partial charge is 0.201 e. The third-order valence-corrected chi connectivity index (χ3v) is 9.81. The van der Waals surface area contributed by atoms with Gasteiger partial charge in [-0.25, -0.2) is 4.98 Å². The minimum absolute atomic E-state index is 0.0668. The van der Waals surface area contributed by atoms with E-state index in [9.17, 15) is 9.90 Å². The van der Waals surface area contributed by atoms with E-state index in [4.69, 9.17) is 0 Å². The first-order chi connectivity index (χ1) is 15.0. The normalized spacial score (nSPS) is 42.1. The third-order valence-electron chi connectivity index (χ3n) is 9.81. The summed E-state index contributed by atoms with van der Waals surface area (Å²) in [6, 6.07) is 3.75. The number of fused-ring (bicyclic) bond motifs is 6. The van der Waals surface area contributed by atoms with Crippen LogP contribution in [0.2, 0.25) is 0 Å². The topological polar surface area (TPSA) is 80.9 Å². The number of nitrogens with zero attached hydrogens (tertiary/aromatic N) is 4. The Morgan fingerprint density at radius 2 is 1.97 bits per heavy atom. The lowest BCUT2D eigenvalue weighted by molar-refractivity contribution is -0.131. The molecule has 1 N–H and O–H groups in total. The van der Waals surface area contributed by atoms with Crippen LogP contribution in [0.3, 0.4) is 0 Å². The third kappa shape index (κ3) is 3.16. The van der Waals surface area contributed by atoms with Crippen LogP contribution in [0.4, 0.5) is 0 Å². The molecule has 6 rings (SSSR count). The lowest BCUT2D eigenvalue weighted by Crippen LogP contribution is -2.50. The molecule has 0 bridgehead atoms. The highest BCUT2D eigenvalue weighted by Gasteiger charge is 2.58. The summed E-state index contributed by atoms with van der Waals surface area (Å²) in [7, 11) is 0. The van der Waals surface area contributed by atoms with Gasteiger partial charge in [-0.1, -0.05) is 6.92 Å². The predicted molar refractivity (Wildman–Crippen MR) is 117 cm³/mol. The second-order valence-corrected chi connectivity index (χ2v) is 11.1. The molecule has 6 heteroatoms. The maximum atomic E-state index is 13.4. The van der Waals surface area contributed by atoms with Gasteiger partial charge in [0.15, 0.2) is 5.78 Å². The number of rotatable bonds is 3. The number of aromatic nitrogens is 4. The van der Waals surface area contributed by atoms with Crippen molar-refractivity contribution < 1.29 is 9.90 Å². The van der Waals surface area contributed by atoms with Crippen LogP contribution >= 0.6 is 0 Å². The molecule has 6 nitrogen and oxygen atoms in total. The molecule has 0 aliphatic heterocycles. The Bertz CT molecular complexity index is 956. The maximum absolute atomic E-state index is 13.4. The van der Waals surface area contributed by atoms with Gasteiger partial charge in [-0.05, 0) is 105 Å². The fourth-order valence-corrected chi connectivity index (χ4v) is 8.48. The van der Waals surface area contributed by atoms with Gasteiger partial charge in [0, 0.05) is 12.1 Å². The molecule has 4 saturated carbocycles. The van der Waals surface area contributed by atoms with Crippen LogP contribution in [0.1, 0.15) is 64.7 Å². The SMILES string of the molecule is CC12CCC3C4CCC(O)CC4CCC3C1CCC2C(=O)Cn1nc2cccnc2n1. The van der Waals surface area contributed by atoms with Crippen molar-refractivity contribution in [1.82, 2.24) is 20.0 Å². The van der Waals surface area contributed by atoms with Gasteiger partial charge in [0.1, 0.15) is 12.1 Å². The molecule has 8 unspecified atom stereocenters. The van der Waals surface area contributed by atoms with Crippen molar-refractivity contribution in [2.45, 2.75) is 77.4 Å². The molecule has 4 aliphatic rings. The summed E-state index contributed by atoms with van der Waals surface area (Å²) in [5, 5.41) is 19.0. The number of pyridine rings is 1. The Balaban J connectivity index is 1.19. The average Bonchev–Trinajstić information content (AvgIpc) is 3.33. The summed E-state index contributed by atoms with van der Waals surface area (Å²) in [6.07, 6.45) is 12.1. The lowest BCUT2D eigenvalue weighted by atomic mass is 9.49. The van der Waals surface area contributed by atoms with Crippen LogP contribution < -0.4 is 0 Å². The number of aliphatic hydroxyl groups excluding tert-OH is 1. The zero-order chi connectivity index (χ0) is 21.2. The molecule has 2 aromatic heterocycles. The Morgan fingerprint density at radius 1 is 1.10 bits per heavy atom. The molecule has 0 aromatic carbocycles. The molecule has 0 saturated heterocycles. The van der Waals surface area contributed by atoms with Crippen LogP contribution in [0.5, 0.6) is 0 Å². The van der Waals surface area contributed by atoms with Crippen molar-refractivity contribution in [3.05, 3.63) is 18.3 Å². The largest absolute Gasteiger partial charge is 0.393 e. The van der Waals surface area contributed by atoms with Crippen molar-refractivity contribution in [3.8, 4) is 0 Å². The monoisotopic (exact) mass is 422 g/mol. The number of hydrogen-bond acceptors (Lipinski definition) is 5. The van der Waals surface area contributed by atoms with Gasteiger partial charge in [0.2, 0.25) is 5.65 Å². The minimum Gasteiger partial charge on any atom is -0.393 e. The van der Waals surface area contributed by atoms with E-state index in [2.05, 4.69) is 22.1 Å². The van der Waals surface area contributed by atoms with Crippen molar-refractivity contribution in [2.24, 2.45) is 40.9 Å². The molecule has 0 amide bonds. The molecule has 2 heterocycles. The highest BCUT2D eigenvalue weighted by molar-refractivity contribution is 5.82. The first-order valence-corrected chi connectivity index (χ1v) is 12.4. The fourth-order valence-electron chi connectivity index (χ4n) is 8.48. The zero-order valence-electron chi connectivity index (χ0n) is 18.5. The minimum atomic E-state index is -0.0668. The highest BCUT2D eigenvalue weighted by atomic mass is 16.3. The van der Waals surface area contributed by atoms with Crippen molar-refractivity contribution >= 4 is 16.9 Å². The molecule has 166 valence electrons. The van der Waals surface area contributed by atoms with E-state index < -0.39 is 0 Å². The second-order valence-electron chi connectivity index (χ2n) is 11.1. The Kier molecular flexibility index (Phi) is 4.71. The van der Waals surface area contributed by atoms with Gasteiger partial charge in [-0.15, -0.1) is 5.10 Å². The van der Waals surface area contributed by atoms with Crippen LogP contribution in [0.25, 0.3) is 11.2 Å². The van der Waals surface area contributed by atoms with Gasteiger partial charge in [-0.2, -0.15) is 9.90 Å². The lowest BCUT2D eigenvalue weighted by Gasteiger charge is -2.56. The average molecular weight is 423 g/mol. The van der Waals surface area contributed by atoms with E-state index in [-0.39, 0.29) is 24.0 Å². The summed E-state index contributed by atoms with van der Waals surface area (Å²) in [5.41, 5.74) is 1.49. The fraction of sp³-hybridized carbons (Fsp3) is 0.760. The maximum Gasteiger partial charge on any atom is 0.201 e. The van der Waals surface area contributed by atoms with E-state index in [1.807, 2.05) is 12.1 Å². The van der Waals surface area contributed by atoms with E-state index in [1.54, 1.807) is 11.0 Å². The van der Waals surface area contributed by atoms with Gasteiger partial charge in [0.25, 0.3) is 0 Å². The Labute approximate surface area is 183 Å². The molecule has 2 aromatic rings. The zero-order valence-corrected chi connectivity index (χ0v) is 18.5. The van der Waals surface area contributed by atoms with Crippen molar-refractivity contribution in [3.63, 3.8) is 0 Å². The summed E-state index contributed by atoms with van der Waals surface area (Å²) in [5.74, 6) is 4.27. The molecule has 31 heavy (non-hydrogen) atoms. The predicted octanol–water partition coefficient (Wildman–Crippen LogP) is 4.03. The molecule has 4 aliphatic carbocycles. The van der Waals surface area contributed by atoms with E-state index in [0.29, 0.717) is 17.3 Å². The number of aliphatic hydroxyl groups is 1. The van der Waals surface area contributed by atoms with E-state index >= 15 is 0 Å². The quantitative estimate of drug-likeness (QED) is 0.808. The molecule has 4 fully saturated rings. The van der Waals surface area contributed by atoms with E-state index in [1.165, 1.54) is 38.5 Å². The van der Waals surface area contributed by atoms with Gasteiger partial charge in [-0.3, -0.25) is 4.79 Å². The van der Waals surface area contributed by atoms with Crippen LogP contribution in [0, 0.1) is 40.9 Å². The first kappa shape index (κ1) is 19.8. The van der Waals surface area contributed by atoms with Crippen LogP contribution in [-0.4, -0.2) is 37.0 Å². The highest BCUT2D eigenvalue weighted by Crippen LogP contribution is 2.64. The Morgan fingerprint density at radius 3 is 2.84 bits per heavy atom. The molecular formula is C25H34N4O2. The second kappa shape index (κ2) is 7.36. The van der Waals surface area contributed by atoms with Crippen LogP contribution in [0.15, 0.2) is 18.3 Å². The van der Waals surface area contributed by atoms with Gasteiger partial charge in [0.05, 0.1) is 6.10 Å². The Hall–Kier alpha value is -1.82. The molecule has 8 atom stereocenters.